The molecule has 1 aromatic heterocycles. The molecular weight excluding hydrogens is 148 g/mol. The highest BCUT2D eigenvalue weighted by Gasteiger charge is 2.37. The van der Waals surface area contributed by atoms with E-state index in [1.54, 1.807) is 5.56 Å². The summed E-state index contributed by atoms with van der Waals surface area (Å²) in [5, 5.41) is 0. The van der Waals surface area contributed by atoms with Crippen LogP contribution in [0.5, 0.6) is 0 Å². The van der Waals surface area contributed by atoms with E-state index in [1.165, 1.54) is 25.0 Å². The van der Waals surface area contributed by atoms with Crippen molar-refractivity contribution in [2.24, 2.45) is 0 Å². The van der Waals surface area contributed by atoms with E-state index in [9.17, 15) is 0 Å². The van der Waals surface area contributed by atoms with Crippen LogP contribution in [0.15, 0.2) is 12.3 Å². The number of rotatable bonds is 0. The van der Waals surface area contributed by atoms with Gasteiger partial charge in [0.25, 0.3) is 0 Å². The summed E-state index contributed by atoms with van der Waals surface area (Å²) in [6, 6.07) is 3.77. The Morgan fingerprint density at radius 1 is 1.50 bits per heavy atom. The Labute approximate surface area is 72.6 Å². The molecule has 0 amide bonds. The largest absolute Gasteiger partial charge is 0.365 e. The average Bonchev–Trinajstić information content (AvgIpc) is 2.59. The molecule has 2 nitrogen and oxygen atoms in total. The number of nitrogens with zero attached hydrogens (tertiary/aromatic N) is 1. The minimum atomic E-state index is 0.713. The Morgan fingerprint density at radius 3 is 3.33 bits per heavy atom. The molecule has 3 rings (SSSR count). The minimum Gasteiger partial charge on any atom is -0.365 e. The second-order valence-electron chi connectivity index (χ2n) is 4.03. The zero-order chi connectivity index (χ0) is 8.13. The lowest BCUT2D eigenvalue weighted by Crippen LogP contribution is -2.33. The van der Waals surface area contributed by atoms with E-state index in [-0.39, 0.29) is 0 Å². The standard InChI is InChI=1S/C10H14N2/c1-12-7-2-3-10(12)8-4-5-11-9(8)6-7/h4-5,7,10-11H,2-3,6H2,1H3. The second-order valence-corrected chi connectivity index (χ2v) is 4.03. The second kappa shape index (κ2) is 2.13. The molecule has 0 aliphatic carbocycles. The number of H-pyrrole nitrogens is 1. The first-order chi connectivity index (χ1) is 5.86. The Morgan fingerprint density at radius 2 is 2.42 bits per heavy atom. The number of likely N-dealkylation sites (N-methyl/N-ethyl adjacent to an activating group) is 1. The first kappa shape index (κ1) is 6.72. The van der Waals surface area contributed by atoms with Crippen LogP contribution in [0.3, 0.4) is 0 Å². The number of aromatic nitrogens is 1. The van der Waals surface area contributed by atoms with E-state index in [0.717, 1.165) is 6.04 Å². The van der Waals surface area contributed by atoms with Gasteiger partial charge in [0.05, 0.1) is 0 Å². The quantitative estimate of drug-likeness (QED) is 0.615. The molecule has 64 valence electrons. The third-order valence-electron chi connectivity index (χ3n) is 3.51. The number of hydrogen-bond donors (Lipinski definition) is 1. The molecule has 1 saturated heterocycles. The molecule has 3 heterocycles. The van der Waals surface area contributed by atoms with E-state index >= 15 is 0 Å². The Hall–Kier alpha value is -0.760. The van der Waals surface area contributed by atoms with Crippen molar-refractivity contribution in [3.05, 3.63) is 23.5 Å². The first-order valence-electron chi connectivity index (χ1n) is 4.74. The average molecular weight is 162 g/mol. The molecule has 2 heteroatoms. The summed E-state index contributed by atoms with van der Waals surface area (Å²) < 4.78 is 0. The SMILES string of the molecule is CN1C2CCC1c1cc[nH]c1C2. The Bertz CT molecular complexity index is 303. The summed E-state index contributed by atoms with van der Waals surface area (Å²) >= 11 is 0. The lowest BCUT2D eigenvalue weighted by molar-refractivity contribution is 0.223. The summed E-state index contributed by atoms with van der Waals surface area (Å²) in [6.45, 7) is 0. The zero-order valence-electron chi connectivity index (χ0n) is 7.38. The maximum Gasteiger partial charge on any atom is 0.0366 e. The molecule has 2 atom stereocenters. The van der Waals surface area contributed by atoms with Crippen molar-refractivity contribution in [2.45, 2.75) is 31.3 Å². The van der Waals surface area contributed by atoms with Gasteiger partial charge in [0.1, 0.15) is 0 Å². The van der Waals surface area contributed by atoms with E-state index in [1.807, 2.05) is 0 Å². The van der Waals surface area contributed by atoms with Gasteiger partial charge < -0.3 is 4.98 Å². The monoisotopic (exact) mass is 162 g/mol. The van der Waals surface area contributed by atoms with Crippen LogP contribution in [-0.2, 0) is 6.42 Å². The molecule has 2 aliphatic rings. The number of aromatic amines is 1. The molecule has 1 N–H and O–H groups in total. The van der Waals surface area contributed by atoms with Crippen LogP contribution < -0.4 is 0 Å². The normalized spacial score (nSPS) is 33.8. The van der Waals surface area contributed by atoms with Crippen LogP contribution in [0.4, 0.5) is 0 Å². The Balaban J connectivity index is 2.12. The predicted molar refractivity (Wildman–Crippen MR) is 48.0 cm³/mol. The van der Waals surface area contributed by atoms with Gasteiger partial charge in [-0.3, -0.25) is 4.90 Å². The Kier molecular flexibility index (Phi) is 1.20. The van der Waals surface area contributed by atoms with Gasteiger partial charge in [-0.1, -0.05) is 0 Å². The number of hydrogen-bond acceptors (Lipinski definition) is 1. The molecule has 0 radical (unpaired) electrons. The van der Waals surface area contributed by atoms with Crippen molar-refractivity contribution < 1.29 is 0 Å². The van der Waals surface area contributed by atoms with E-state index in [4.69, 9.17) is 0 Å². The van der Waals surface area contributed by atoms with Crippen molar-refractivity contribution in [2.75, 3.05) is 7.05 Å². The van der Waals surface area contributed by atoms with Gasteiger partial charge >= 0.3 is 0 Å². The maximum atomic E-state index is 3.35. The predicted octanol–water partition coefficient (Wildman–Crippen LogP) is 1.71. The van der Waals surface area contributed by atoms with E-state index in [2.05, 4.69) is 29.2 Å². The van der Waals surface area contributed by atoms with Gasteiger partial charge in [0.2, 0.25) is 0 Å². The summed E-state index contributed by atoms with van der Waals surface area (Å²) in [4.78, 5) is 5.89. The van der Waals surface area contributed by atoms with Crippen LogP contribution >= 0.6 is 0 Å². The van der Waals surface area contributed by atoms with Crippen LogP contribution in [0.1, 0.15) is 30.1 Å². The van der Waals surface area contributed by atoms with Crippen molar-refractivity contribution in [3.63, 3.8) is 0 Å². The molecule has 0 aromatic carbocycles. The molecule has 1 aromatic rings. The van der Waals surface area contributed by atoms with Gasteiger partial charge in [0, 0.05) is 30.4 Å². The smallest absolute Gasteiger partial charge is 0.0366 e. The highest BCUT2D eigenvalue weighted by atomic mass is 15.2. The lowest BCUT2D eigenvalue weighted by Gasteiger charge is -2.31. The number of fused-ring (bicyclic) bond motifs is 4. The van der Waals surface area contributed by atoms with Gasteiger partial charge in [-0.05, 0) is 31.5 Å². The highest BCUT2D eigenvalue weighted by molar-refractivity contribution is 5.30. The molecule has 2 aliphatic heterocycles. The molecule has 0 saturated carbocycles. The zero-order valence-corrected chi connectivity index (χ0v) is 7.38. The van der Waals surface area contributed by atoms with Crippen molar-refractivity contribution in [1.82, 2.24) is 9.88 Å². The van der Waals surface area contributed by atoms with Crippen LogP contribution in [0, 0.1) is 0 Å². The van der Waals surface area contributed by atoms with E-state index < -0.39 is 0 Å². The molecule has 12 heavy (non-hydrogen) atoms. The van der Waals surface area contributed by atoms with Crippen LogP contribution in [0.2, 0.25) is 0 Å². The minimum absolute atomic E-state index is 0.713. The molecule has 2 unspecified atom stereocenters. The van der Waals surface area contributed by atoms with Crippen molar-refractivity contribution in [3.8, 4) is 0 Å². The number of nitrogens with one attached hydrogen (secondary N) is 1. The maximum absolute atomic E-state index is 3.35. The van der Waals surface area contributed by atoms with Gasteiger partial charge in [-0.2, -0.15) is 0 Å². The first-order valence-corrected chi connectivity index (χ1v) is 4.74. The fraction of sp³-hybridized carbons (Fsp3) is 0.600. The summed E-state index contributed by atoms with van der Waals surface area (Å²) in [6.07, 6.45) is 6.05. The van der Waals surface area contributed by atoms with Crippen molar-refractivity contribution >= 4 is 0 Å². The molecule has 1 fully saturated rings. The lowest BCUT2D eigenvalue weighted by atomic mass is 10.0. The van der Waals surface area contributed by atoms with Crippen molar-refractivity contribution in [1.29, 1.82) is 0 Å². The van der Waals surface area contributed by atoms with Gasteiger partial charge in [-0.15, -0.1) is 0 Å². The third kappa shape index (κ3) is 0.686. The molecular formula is C10H14N2. The topological polar surface area (TPSA) is 19.0 Å². The summed E-state index contributed by atoms with van der Waals surface area (Å²) in [5.74, 6) is 0. The molecule has 0 spiro atoms. The summed E-state index contributed by atoms with van der Waals surface area (Å²) in [7, 11) is 2.26. The van der Waals surface area contributed by atoms with E-state index in [0.29, 0.717) is 6.04 Å². The van der Waals surface area contributed by atoms with Crippen LogP contribution in [-0.4, -0.2) is 23.0 Å². The fourth-order valence-electron chi connectivity index (χ4n) is 2.77. The highest BCUT2D eigenvalue weighted by Crippen LogP contribution is 2.41. The van der Waals surface area contributed by atoms with Gasteiger partial charge in [-0.25, -0.2) is 0 Å². The van der Waals surface area contributed by atoms with Gasteiger partial charge in [0.15, 0.2) is 0 Å². The van der Waals surface area contributed by atoms with Crippen LogP contribution in [0.25, 0.3) is 0 Å². The summed E-state index contributed by atoms with van der Waals surface area (Å²) in [5.41, 5.74) is 3.03. The molecule has 2 bridgehead atoms. The fourth-order valence-corrected chi connectivity index (χ4v) is 2.77. The third-order valence-corrected chi connectivity index (χ3v) is 3.51.